The molecule has 1 N–H and O–H groups in total. The van der Waals surface area contributed by atoms with Crippen LogP contribution in [-0.4, -0.2) is 30.6 Å². The van der Waals surface area contributed by atoms with Gasteiger partial charge in [0.2, 0.25) is 5.03 Å². The van der Waals surface area contributed by atoms with Gasteiger partial charge in [0, 0.05) is 35.1 Å². The molecule has 1 aliphatic heterocycles. The molecule has 4 atom stereocenters. The van der Waals surface area contributed by atoms with Gasteiger partial charge in [-0.1, -0.05) is 13.0 Å². The van der Waals surface area contributed by atoms with Crippen molar-refractivity contribution in [1.82, 2.24) is 4.98 Å². The van der Waals surface area contributed by atoms with Crippen LogP contribution in [0.3, 0.4) is 0 Å². The largest absolute Gasteiger partial charge is 0.610 e. The molecule has 3 nitrogen and oxygen atoms in total. The molecule has 1 aliphatic rings. The van der Waals surface area contributed by atoms with Crippen LogP contribution in [-0.2, 0) is 11.2 Å². The minimum atomic E-state index is -1.19. The maximum atomic E-state index is 12.1. The summed E-state index contributed by atoms with van der Waals surface area (Å²) in [4.78, 5) is 4.06. The molecular weight excluding hydrogens is 230 g/mol. The first-order chi connectivity index (χ1) is 7.18. The van der Waals surface area contributed by atoms with Crippen molar-refractivity contribution >= 4 is 22.9 Å². The van der Waals surface area contributed by atoms with Crippen LogP contribution in [0.4, 0.5) is 0 Å². The molecule has 0 spiro atoms. The summed E-state index contributed by atoms with van der Waals surface area (Å²) in [5, 5.41) is 10.5. The molecule has 0 saturated carbocycles. The molecule has 82 valence electrons. The fraction of sp³-hybridized carbons (Fsp3) is 0.500. The maximum Gasteiger partial charge on any atom is 0.244 e. The molecule has 0 radical (unpaired) electrons. The quantitative estimate of drug-likeness (QED) is 0.798. The predicted octanol–water partition coefficient (Wildman–Crippen LogP) is 1.40. The molecule has 2 heterocycles. The van der Waals surface area contributed by atoms with Crippen molar-refractivity contribution in [3.8, 4) is 0 Å². The molecule has 2 rings (SSSR count). The summed E-state index contributed by atoms with van der Waals surface area (Å²) in [6.07, 6.45) is 2.42. The van der Waals surface area contributed by atoms with Gasteiger partial charge in [-0.3, -0.25) is 0 Å². The molecular formula is C10H13NO2S2. The van der Waals surface area contributed by atoms with Gasteiger partial charge in [0.25, 0.3) is 0 Å². The van der Waals surface area contributed by atoms with Crippen LogP contribution < -0.4 is 0 Å². The summed E-state index contributed by atoms with van der Waals surface area (Å²) < 4.78 is 12.1. The molecule has 0 aliphatic carbocycles. The van der Waals surface area contributed by atoms with Gasteiger partial charge in [0.1, 0.15) is 5.44 Å². The third-order valence-electron chi connectivity index (χ3n) is 2.37. The van der Waals surface area contributed by atoms with Crippen molar-refractivity contribution in [3.63, 3.8) is 0 Å². The topological polar surface area (TPSA) is 56.2 Å². The second-order valence-corrected chi connectivity index (χ2v) is 6.76. The number of thioether (sulfide) groups is 1. The molecule has 1 fully saturated rings. The highest BCUT2D eigenvalue weighted by Crippen LogP contribution is 2.37. The zero-order valence-corrected chi connectivity index (χ0v) is 10.0. The number of aliphatic hydroxyl groups excluding tert-OH is 1. The number of hydrogen-bond donors (Lipinski definition) is 1. The first-order valence-electron chi connectivity index (χ1n) is 4.83. The Balaban J connectivity index is 2.11. The normalized spacial score (nSPS) is 32.9. The van der Waals surface area contributed by atoms with E-state index in [2.05, 4.69) is 4.98 Å². The van der Waals surface area contributed by atoms with Crippen molar-refractivity contribution < 1.29 is 9.66 Å². The highest BCUT2D eigenvalue weighted by molar-refractivity contribution is 8.02. The molecule has 0 amide bonds. The van der Waals surface area contributed by atoms with Crippen molar-refractivity contribution in [3.05, 3.63) is 24.4 Å². The van der Waals surface area contributed by atoms with Crippen LogP contribution in [0.5, 0.6) is 0 Å². The number of aromatic nitrogens is 1. The van der Waals surface area contributed by atoms with E-state index in [-0.39, 0.29) is 5.25 Å². The summed E-state index contributed by atoms with van der Waals surface area (Å²) in [7, 11) is 0. The Bertz CT molecular complexity index is 322. The molecule has 15 heavy (non-hydrogen) atoms. The standard InChI is InChI=1S/C10H13NO2S2/c1-7-6-8(10(12)14-7)15(13)9-4-2-3-5-11-9/h2-5,7-8,10,12H,6H2,1H3. The Hall–Kier alpha value is -0.230. The summed E-state index contributed by atoms with van der Waals surface area (Å²) in [5.74, 6) is 0. The Labute approximate surface area is 96.5 Å². The van der Waals surface area contributed by atoms with E-state index in [4.69, 9.17) is 0 Å². The molecule has 4 unspecified atom stereocenters. The zero-order valence-electron chi connectivity index (χ0n) is 8.37. The monoisotopic (exact) mass is 243 g/mol. The Morgan fingerprint density at radius 1 is 1.60 bits per heavy atom. The van der Waals surface area contributed by atoms with Crippen LogP contribution >= 0.6 is 11.8 Å². The van der Waals surface area contributed by atoms with Gasteiger partial charge in [-0.25, -0.2) is 4.98 Å². The lowest BCUT2D eigenvalue weighted by molar-refractivity contribution is 0.260. The van der Waals surface area contributed by atoms with Gasteiger partial charge in [-0.05, 0) is 6.07 Å². The second-order valence-electron chi connectivity index (χ2n) is 3.58. The molecule has 0 bridgehead atoms. The lowest BCUT2D eigenvalue weighted by Gasteiger charge is -2.17. The first-order valence-corrected chi connectivity index (χ1v) is 6.99. The Morgan fingerprint density at radius 2 is 2.40 bits per heavy atom. The highest BCUT2D eigenvalue weighted by atomic mass is 32.2. The van der Waals surface area contributed by atoms with Gasteiger partial charge in [0.15, 0.2) is 5.25 Å². The van der Waals surface area contributed by atoms with Gasteiger partial charge >= 0.3 is 0 Å². The van der Waals surface area contributed by atoms with Crippen LogP contribution in [0.1, 0.15) is 13.3 Å². The number of rotatable bonds is 2. The lowest BCUT2D eigenvalue weighted by Crippen LogP contribution is -2.28. The summed E-state index contributed by atoms with van der Waals surface area (Å²) in [5.41, 5.74) is -0.525. The van der Waals surface area contributed by atoms with Crippen LogP contribution in [0.15, 0.2) is 29.4 Å². The van der Waals surface area contributed by atoms with Gasteiger partial charge in [-0.15, -0.1) is 11.8 Å². The fourth-order valence-electron chi connectivity index (χ4n) is 1.64. The average molecular weight is 243 g/mol. The van der Waals surface area contributed by atoms with E-state index in [1.807, 2.05) is 13.0 Å². The lowest BCUT2D eigenvalue weighted by atomic mass is 10.2. The third kappa shape index (κ3) is 2.47. The van der Waals surface area contributed by atoms with Gasteiger partial charge < -0.3 is 9.66 Å². The van der Waals surface area contributed by atoms with E-state index < -0.39 is 16.6 Å². The third-order valence-corrected chi connectivity index (χ3v) is 5.46. The average Bonchev–Trinajstić information content (AvgIpc) is 2.58. The van der Waals surface area contributed by atoms with Gasteiger partial charge in [-0.2, -0.15) is 0 Å². The van der Waals surface area contributed by atoms with E-state index in [9.17, 15) is 9.66 Å². The van der Waals surface area contributed by atoms with E-state index in [1.54, 1.807) is 18.3 Å². The minimum Gasteiger partial charge on any atom is -0.610 e. The summed E-state index contributed by atoms with van der Waals surface area (Å²) in [6, 6.07) is 5.36. The SMILES string of the molecule is CC1CC([S+]([O-])c2ccccn2)C(O)S1. The number of aliphatic hydroxyl groups is 1. The molecule has 1 saturated heterocycles. The zero-order chi connectivity index (χ0) is 10.8. The van der Waals surface area contributed by atoms with Crippen LogP contribution in [0.25, 0.3) is 0 Å². The van der Waals surface area contributed by atoms with E-state index in [1.165, 1.54) is 11.8 Å². The first kappa shape index (κ1) is 11.3. The summed E-state index contributed by atoms with van der Waals surface area (Å²) >= 11 is 0.295. The number of hydrogen-bond acceptors (Lipinski definition) is 4. The van der Waals surface area contributed by atoms with E-state index >= 15 is 0 Å². The maximum absolute atomic E-state index is 12.1. The van der Waals surface area contributed by atoms with Gasteiger partial charge in [0.05, 0.1) is 0 Å². The van der Waals surface area contributed by atoms with Crippen molar-refractivity contribution in [2.75, 3.05) is 0 Å². The smallest absolute Gasteiger partial charge is 0.244 e. The predicted molar refractivity (Wildman–Crippen MR) is 62.1 cm³/mol. The van der Waals surface area contributed by atoms with Crippen LogP contribution in [0, 0.1) is 0 Å². The number of pyridine rings is 1. The van der Waals surface area contributed by atoms with Crippen LogP contribution in [0.2, 0.25) is 0 Å². The Morgan fingerprint density at radius 3 is 2.93 bits per heavy atom. The molecule has 1 aromatic heterocycles. The minimum absolute atomic E-state index is 0.181. The molecule has 5 heteroatoms. The van der Waals surface area contributed by atoms with Crippen molar-refractivity contribution in [2.45, 2.75) is 34.3 Å². The summed E-state index contributed by atoms with van der Waals surface area (Å²) in [6.45, 7) is 2.05. The molecule has 1 aromatic rings. The Kier molecular flexibility index (Phi) is 3.56. The fourth-order valence-corrected chi connectivity index (χ4v) is 4.70. The van der Waals surface area contributed by atoms with E-state index in [0.717, 1.165) is 6.42 Å². The highest BCUT2D eigenvalue weighted by Gasteiger charge is 2.41. The number of nitrogens with zero attached hydrogens (tertiary/aromatic N) is 1. The molecule has 0 aromatic carbocycles. The van der Waals surface area contributed by atoms with Crippen molar-refractivity contribution in [2.24, 2.45) is 0 Å². The van der Waals surface area contributed by atoms with E-state index in [0.29, 0.717) is 10.3 Å². The second kappa shape index (κ2) is 4.74. The van der Waals surface area contributed by atoms with Crippen molar-refractivity contribution in [1.29, 1.82) is 0 Å².